The first-order valence-corrected chi connectivity index (χ1v) is 5.81. The van der Waals surface area contributed by atoms with Crippen molar-refractivity contribution in [1.29, 1.82) is 0 Å². The van der Waals surface area contributed by atoms with E-state index in [1.807, 2.05) is 9.80 Å². The molecule has 0 N–H and O–H groups in total. The Kier molecular flexibility index (Phi) is 2.66. The van der Waals surface area contributed by atoms with Crippen LogP contribution in [0.25, 0.3) is 0 Å². The summed E-state index contributed by atoms with van der Waals surface area (Å²) in [7, 11) is 2.19. The smallest absolute Gasteiger partial charge is 0.224 e. The van der Waals surface area contributed by atoms with E-state index in [0.717, 1.165) is 30.7 Å². The number of nitrogens with zero attached hydrogens (tertiary/aromatic N) is 3. The monoisotopic (exact) mass is 226 g/mol. The summed E-state index contributed by atoms with van der Waals surface area (Å²) in [5.41, 5.74) is 0. The highest BCUT2D eigenvalue weighted by Gasteiger charge is 2.48. The van der Waals surface area contributed by atoms with E-state index in [2.05, 4.69) is 7.05 Å². The van der Waals surface area contributed by atoms with E-state index in [1.165, 1.54) is 0 Å². The Bertz CT molecular complexity index is 331. The minimum absolute atomic E-state index is 0.113. The zero-order valence-electron chi connectivity index (χ0n) is 10.3. The van der Waals surface area contributed by atoms with Gasteiger partial charge in [-0.1, -0.05) is 0 Å². The van der Waals surface area contributed by atoms with E-state index in [0.29, 0.717) is 6.54 Å². The molecule has 0 aromatic heterocycles. The number of carbonyl (C=O) groups excluding carboxylic acids is 2. The van der Waals surface area contributed by atoms with Crippen LogP contribution in [0.5, 0.6) is 0 Å². The molecule has 0 aromatic carbocycles. The van der Waals surface area contributed by atoms with Crippen LogP contribution in [-0.4, -0.2) is 72.0 Å². The molecular weight excluding hydrogens is 206 g/mol. The third-order valence-electron chi connectivity index (χ3n) is 4.05. The summed E-state index contributed by atoms with van der Waals surface area (Å²) < 4.78 is 0.906. The molecule has 2 amide bonds. The molecule has 0 aromatic rings. The number of amides is 2. The lowest BCUT2D eigenvalue weighted by molar-refractivity contribution is -0.929. The van der Waals surface area contributed by atoms with Crippen molar-refractivity contribution in [3.63, 3.8) is 0 Å². The van der Waals surface area contributed by atoms with Crippen LogP contribution in [0.1, 0.15) is 13.8 Å². The summed E-state index contributed by atoms with van der Waals surface area (Å²) in [4.78, 5) is 26.7. The highest BCUT2D eigenvalue weighted by Crippen LogP contribution is 2.26. The lowest BCUT2D eigenvalue weighted by Crippen LogP contribution is -2.64. The van der Waals surface area contributed by atoms with Crippen LogP contribution in [0.4, 0.5) is 0 Å². The van der Waals surface area contributed by atoms with Crippen molar-refractivity contribution in [3.05, 3.63) is 0 Å². The van der Waals surface area contributed by atoms with Crippen molar-refractivity contribution in [3.8, 4) is 0 Å². The number of hydrogen-bond acceptors (Lipinski definition) is 2. The highest BCUT2D eigenvalue weighted by atomic mass is 16.2. The molecule has 0 aliphatic carbocycles. The van der Waals surface area contributed by atoms with Crippen molar-refractivity contribution in [2.24, 2.45) is 0 Å². The second kappa shape index (κ2) is 3.73. The quantitative estimate of drug-likeness (QED) is 0.522. The number of carbonyl (C=O) groups is 2. The van der Waals surface area contributed by atoms with E-state index in [1.54, 1.807) is 13.8 Å². The largest absolute Gasteiger partial charge is 0.329 e. The lowest BCUT2D eigenvalue weighted by Gasteiger charge is -2.44. The highest BCUT2D eigenvalue weighted by molar-refractivity contribution is 5.75. The van der Waals surface area contributed by atoms with E-state index in [9.17, 15) is 9.59 Å². The van der Waals surface area contributed by atoms with E-state index < -0.39 is 0 Å². The number of likely N-dealkylation sites (N-methyl/N-ethyl adjacent to an activating group) is 1. The lowest BCUT2D eigenvalue weighted by atomic mass is 10.2. The molecule has 16 heavy (non-hydrogen) atoms. The topological polar surface area (TPSA) is 40.6 Å². The second-order valence-corrected chi connectivity index (χ2v) is 5.08. The molecule has 5 nitrogen and oxygen atoms in total. The summed E-state index contributed by atoms with van der Waals surface area (Å²) in [5, 5.41) is 0. The van der Waals surface area contributed by atoms with Gasteiger partial charge in [0.15, 0.2) is 6.17 Å². The van der Waals surface area contributed by atoms with Crippen molar-refractivity contribution in [1.82, 2.24) is 9.80 Å². The normalized spacial score (nSPS) is 33.8. The third-order valence-corrected chi connectivity index (χ3v) is 4.05. The van der Waals surface area contributed by atoms with Gasteiger partial charge < -0.3 is 9.38 Å². The molecule has 2 fully saturated rings. The van der Waals surface area contributed by atoms with Gasteiger partial charge in [0, 0.05) is 13.8 Å². The van der Waals surface area contributed by atoms with Crippen molar-refractivity contribution >= 4 is 11.8 Å². The maximum Gasteiger partial charge on any atom is 0.224 e. The van der Waals surface area contributed by atoms with Gasteiger partial charge in [0.25, 0.3) is 0 Å². The van der Waals surface area contributed by atoms with Crippen LogP contribution >= 0.6 is 0 Å². The standard InChI is InChI=1S/C11H20N3O2/c1-9(15)12-4-6-14(3)7-5-13(10(2)16)11(14)8-12/h11H,4-8H2,1-3H3/q+1. The maximum atomic E-state index is 11.5. The molecule has 2 aliphatic rings. The summed E-state index contributed by atoms with van der Waals surface area (Å²) in [6.07, 6.45) is 0.162. The molecule has 0 saturated carbocycles. The fourth-order valence-electron chi connectivity index (χ4n) is 2.82. The van der Waals surface area contributed by atoms with Gasteiger partial charge in [-0.25, -0.2) is 0 Å². The van der Waals surface area contributed by atoms with E-state index >= 15 is 0 Å². The van der Waals surface area contributed by atoms with Crippen molar-refractivity contribution in [2.45, 2.75) is 20.0 Å². The van der Waals surface area contributed by atoms with Gasteiger partial charge >= 0.3 is 0 Å². The summed E-state index contributed by atoms with van der Waals surface area (Å²) in [6, 6.07) is 0. The first-order chi connectivity index (χ1) is 7.44. The van der Waals surface area contributed by atoms with Crippen LogP contribution in [0.3, 0.4) is 0 Å². The predicted octanol–water partition coefficient (Wildman–Crippen LogP) is -0.517. The molecule has 90 valence electrons. The fourth-order valence-corrected chi connectivity index (χ4v) is 2.82. The van der Waals surface area contributed by atoms with E-state index in [-0.39, 0.29) is 18.0 Å². The van der Waals surface area contributed by atoms with Crippen LogP contribution in [0, 0.1) is 0 Å². The summed E-state index contributed by atoms with van der Waals surface area (Å²) >= 11 is 0. The summed E-state index contributed by atoms with van der Waals surface area (Å²) in [5.74, 6) is 0.235. The Balaban J connectivity index is 2.17. The van der Waals surface area contributed by atoms with Crippen LogP contribution in [0.2, 0.25) is 0 Å². The number of fused-ring (bicyclic) bond motifs is 1. The van der Waals surface area contributed by atoms with Gasteiger partial charge in [-0.05, 0) is 0 Å². The van der Waals surface area contributed by atoms with Gasteiger partial charge in [-0.3, -0.25) is 14.5 Å². The maximum absolute atomic E-state index is 11.5. The molecule has 2 rings (SSSR count). The number of quaternary nitrogens is 1. The number of hydrogen-bond donors (Lipinski definition) is 0. The average Bonchev–Trinajstić information content (AvgIpc) is 2.53. The number of rotatable bonds is 0. The van der Waals surface area contributed by atoms with E-state index in [4.69, 9.17) is 0 Å². The minimum atomic E-state index is 0.113. The van der Waals surface area contributed by atoms with Gasteiger partial charge in [0.1, 0.15) is 0 Å². The molecule has 5 heteroatoms. The molecule has 2 heterocycles. The second-order valence-electron chi connectivity index (χ2n) is 5.08. The third kappa shape index (κ3) is 1.69. The fraction of sp³-hybridized carbons (Fsp3) is 0.818. The molecule has 0 spiro atoms. The Hall–Kier alpha value is -1.10. The van der Waals surface area contributed by atoms with Gasteiger partial charge in [0.05, 0.1) is 39.8 Å². The number of piperazine rings is 1. The average molecular weight is 226 g/mol. The Morgan fingerprint density at radius 1 is 1.12 bits per heavy atom. The molecular formula is C11H20N3O2+. The Morgan fingerprint density at radius 3 is 2.31 bits per heavy atom. The first-order valence-electron chi connectivity index (χ1n) is 5.81. The van der Waals surface area contributed by atoms with Gasteiger partial charge in [-0.2, -0.15) is 0 Å². The SMILES string of the molecule is CC(=O)N1CC[N+]2(C)CCN(C(C)=O)C2C1. The van der Waals surface area contributed by atoms with Crippen molar-refractivity contribution < 1.29 is 14.1 Å². The molecule has 0 bridgehead atoms. The Labute approximate surface area is 96.2 Å². The van der Waals surface area contributed by atoms with Crippen molar-refractivity contribution in [2.75, 3.05) is 39.8 Å². The molecule has 2 atom stereocenters. The minimum Gasteiger partial charge on any atom is -0.329 e. The van der Waals surface area contributed by atoms with Gasteiger partial charge in [-0.15, -0.1) is 0 Å². The van der Waals surface area contributed by atoms with Crippen LogP contribution in [-0.2, 0) is 9.59 Å². The molecule has 2 unspecified atom stereocenters. The summed E-state index contributed by atoms with van der Waals surface area (Å²) in [6.45, 7) is 7.50. The zero-order chi connectivity index (χ0) is 11.9. The van der Waals surface area contributed by atoms with Crippen LogP contribution < -0.4 is 0 Å². The Morgan fingerprint density at radius 2 is 1.75 bits per heavy atom. The zero-order valence-corrected chi connectivity index (χ0v) is 10.3. The molecule has 0 radical (unpaired) electrons. The van der Waals surface area contributed by atoms with Crippen LogP contribution in [0.15, 0.2) is 0 Å². The molecule has 2 aliphatic heterocycles. The molecule has 2 saturated heterocycles. The predicted molar refractivity (Wildman–Crippen MR) is 59.3 cm³/mol. The van der Waals surface area contributed by atoms with Gasteiger partial charge in [0.2, 0.25) is 11.8 Å². The first kappa shape index (κ1) is 11.4.